The number of carbonyl (C=O) groups is 2. The second-order valence-corrected chi connectivity index (χ2v) is 8.72. The fourth-order valence-electron chi connectivity index (χ4n) is 2.68. The fourth-order valence-corrected chi connectivity index (χ4v) is 4.32. The molecule has 8 heteroatoms. The van der Waals surface area contributed by atoms with E-state index < -0.39 is 0 Å². The normalized spacial score (nSPS) is 10.5. The van der Waals surface area contributed by atoms with Gasteiger partial charge in [0.05, 0.1) is 25.0 Å². The van der Waals surface area contributed by atoms with Crippen LogP contribution < -0.4 is 15.4 Å². The molecule has 0 aliphatic rings. The van der Waals surface area contributed by atoms with Gasteiger partial charge in [0.15, 0.2) is 4.34 Å². The van der Waals surface area contributed by atoms with Crippen LogP contribution in [0.1, 0.15) is 16.8 Å². The van der Waals surface area contributed by atoms with E-state index in [0.29, 0.717) is 11.4 Å². The molecule has 0 saturated heterocycles. The van der Waals surface area contributed by atoms with Crippen molar-refractivity contribution in [2.45, 2.75) is 24.6 Å². The summed E-state index contributed by atoms with van der Waals surface area (Å²) < 4.78 is 5.86. The lowest BCUT2D eigenvalue weighted by molar-refractivity contribution is -0.116. The number of nitrogens with one attached hydrogen (secondary N) is 2. The van der Waals surface area contributed by atoms with Gasteiger partial charge >= 0.3 is 0 Å². The molecule has 0 unspecified atom stereocenters. The molecule has 6 nitrogen and oxygen atoms in total. The zero-order valence-electron chi connectivity index (χ0n) is 17.0. The summed E-state index contributed by atoms with van der Waals surface area (Å²) in [6, 6.07) is 13.0. The maximum Gasteiger partial charge on any atom is 0.234 e. The second kappa shape index (κ2) is 10.3. The van der Waals surface area contributed by atoms with E-state index in [1.807, 2.05) is 37.4 Å². The van der Waals surface area contributed by atoms with Crippen LogP contribution in [0.25, 0.3) is 0 Å². The molecule has 3 aromatic rings. The maximum atomic E-state index is 12.3. The van der Waals surface area contributed by atoms with Crippen LogP contribution in [0.15, 0.2) is 52.2 Å². The number of aromatic nitrogens is 1. The van der Waals surface area contributed by atoms with Gasteiger partial charge in [-0.1, -0.05) is 23.9 Å². The van der Waals surface area contributed by atoms with Crippen LogP contribution in [0.3, 0.4) is 0 Å². The van der Waals surface area contributed by atoms with E-state index in [9.17, 15) is 9.59 Å². The van der Waals surface area contributed by atoms with Crippen molar-refractivity contribution in [3.8, 4) is 5.75 Å². The molecule has 0 aliphatic carbocycles. The molecular formula is C22H23N3O3S2. The Morgan fingerprint density at radius 3 is 2.57 bits per heavy atom. The van der Waals surface area contributed by atoms with Crippen LogP contribution in [0.4, 0.5) is 11.4 Å². The van der Waals surface area contributed by atoms with Crippen LogP contribution in [0.5, 0.6) is 5.75 Å². The van der Waals surface area contributed by atoms with Crippen molar-refractivity contribution in [1.82, 2.24) is 4.98 Å². The third-order valence-electron chi connectivity index (χ3n) is 4.45. The SMILES string of the molecule is COc1ccc(NC(=O)CSc2nc(CC(=O)Nc3cccc(C)c3C)cs2)cc1. The lowest BCUT2D eigenvalue weighted by Gasteiger charge is -2.09. The molecule has 0 fully saturated rings. The van der Waals surface area contributed by atoms with Gasteiger partial charge in [0, 0.05) is 16.8 Å². The highest BCUT2D eigenvalue weighted by Crippen LogP contribution is 2.24. The molecule has 2 aromatic carbocycles. The van der Waals surface area contributed by atoms with Gasteiger partial charge in [0.25, 0.3) is 0 Å². The van der Waals surface area contributed by atoms with E-state index in [-0.39, 0.29) is 24.0 Å². The largest absolute Gasteiger partial charge is 0.497 e. The van der Waals surface area contributed by atoms with E-state index in [4.69, 9.17) is 4.74 Å². The summed E-state index contributed by atoms with van der Waals surface area (Å²) >= 11 is 2.78. The van der Waals surface area contributed by atoms with Crippen molar-refractivity contribution in [1.29, 1.82) is 0 Å². The summed E-state index contributed by atoms with van der Waals surface area (Å²) in [7, 11) is 1.60. The van der Waals surface area contributed by atoms with Gasteiger partial charge < -0.3 is 15.4 Å². The Hall–Kier alpha value is -2.84. The molecule has 2 N–H and O–H groups in total. The van der Waals surface area contributed by atoms with Crippen molar-refractivity contribution >= 4 is 46.3 Å². The van der Waals surface area contributed by atoms with E-state index in [1.54, 1.807) is 31.4 Å². The number of thiazole rings is 1. The highest BCUT2D eigenvalue weighted by molar-refractivity contribution is 8.01. The van der Waals surface area contributed by atoms with E-state index in [1.165, 1.54) is 23.1 Å². The first-order valence-corrected chi connectivity index (χ1v) is 11.2. The van der Waals surface area contributed by atoms with Crippen LogP contribution in [-0.4, -0.2) is 29.7 Å². The van der Waals surface area contributed by atoms with Gasteiger partial charge in [-0.15, -0.1) is 11.3 Å². The second-order valence-electron chi connectivity index (χ2n) is 6.64. The van der Waals surface area contributed by atoms with Crippen molar-refractivity contribution in [2.75, 3.05) is 23.5 Å². The Morgan fingerprint density at radius 2 is 1.83 bits per heavy atom. The third-order valence-corrected chi connectivity index (χ3v) is 6.52. The van der Waals surface area contributed by atoms with Crippen molar-refractivity contribution < 1.29 is 14.3 Å². The van der Waals surface area contributed by atoms with E-state index in [2.05, 4.69) is 15.6 Å². The van der Waals surface area contributed by atoms with Crippen LogP contribution in [0, 0.1) is 13.8 Å². The molecule has 156 valence electrons. The molecule has 0 aliphatic heterocycles. The summed E-state index contributed by atoms with van der Waals surface area (Å²) in [4.78, 5) is 28.9. The molecule has 3 rings (SSSR count). The van der Waals surface area contributed by atoms with Gasteiger partial charge in [-0.2, -0.15) is 0 Å². The van der Waals surface area contributed by atoms with Gasteiger partial charge in [0.1, 0.15) is 5.75 Å². The van der Waals surface area contributed by atoms with Crippen molar-refractivity contribution in [3.63, 3.8) is 0 Å². The summed E-state index contributed by atoms with van der Waals surface area (Å²) in [6.07, 6.45) is 0.197. The van der Waals surface area contributed by atoms with Crippen molar-refractivity contribution in [3.05, 3.63) is 64.7 Å². The predicted octanol–water partition coefficient (Wildman–Crippen LogP) is 4.68. The van der Waals surface area contributed by atoms with Crippen LogP contribution in [0.2, 0.25) is 0 Å². The summed E-state index contributed by atoms with van der Waals surface area (Å²) in [5.41, 5.74) is 4.42. The predicted molar refractivity (Wildman–Crippen MR) is 123 cm³/mol. The highest BCUT2D eigenvalue weighted by Gasteiger charge is 2.11. The fraction of sp³-hybridized carbons (Fsp3) is 0.227. The Labute approximate surface area is 184 Å². The van der Waals surface area contributed by atoms with Crippen LogP contribution >= 0.6 is 23.1 Å². The molecule has 0 saturated carbocycles. The molecule has 0 spiro atoms. The first kappa shape index (κ1) is 21.9. The number of thioether (sulfide) groups is 1. The third kappa shape index (κ3) is 6.08. The monoisotopic (exact) mass is 441 g/mol. The average molecular weight is 442 g/mol. The molecule has 1 heterocycles. The molecule has 2 amide bonds. The van der Waals surface area contributed by atoms with Crippen molar-refractivity contribution in [2.24, 2.45) is 0 Å². The zero-order chi connectivity index (χ0) is 21.5. The Balaban J connectivity index is 1.47. The van der Waals surface area contributed by atoms with Gasteiger partial charge in [-0.05, 0) is 55.3 Å². The summed E-state index contributed by atoms with van der Waals surface area (Å²) in [6.45, 7) is 4.00. The minimum Gasteiger partial charge on any atom is -0.497 e. The van der Waals surface area contributed by atoms with E-state index >= 15 is 0 Å². The molecular weight excluding hydrogens is 418 g/mol. The van der Waals surface area contributed by atoms with Crippen LogP contribution in [-0.2, 0) is 16.0 Å². The lowest BCUT2D eigenvalue weighted by Crippen LogP contribution is -2.15. The average Bonchev–Trinajstić information content (AvgIpc) is 3.17. The number of anilines is 2. The zero-order valence-corrected chi connectivity index (χ0v) is 18.7. The smallest absolute Gasteiger partial charge is 0.234 e. The molecule has 0 radical (unpaired) electrons. The quantitative estimate of drug-likeness (QED) is 0.496. The summed E-state index contributed by atoms with van der Waals surface area (Å²) in [5, 5.41) is 7.63. The molecule has 30 heavy (non-hydrogen) atoms. The maximum absolute atomic E-state index is 12.3. The number of hydrogen-bond donors (Lipinski definition) is 2. The highest BCUT2D eigenvalue weighted by atomic mass is 32.2. The number of rotatable bonds is 8. The number of carbonyl (C=O) groups excluding carboxylic acids is 2. The van der Waals surface area contributed by atoms with Gasteiger partial charge in [0.2, 0.25) is 11.8 Å². The molecule has 1 aromatic heterocycles. The van der Waals surface area contributed by atoms with Gasteiger partial charge in [-0.25, -0.2) is 4.98 Å². The minimum atomic E-state index is -0.116. The van der Waals surface area contributed by atoms with Gasteiger partial charge in [-0.3, -0.25) is 9.59 Å². The number of ether oxygens (including phenoxy) is 1. The topological polar surface area (TPSA) is 80.3 Å². The van der Waals surface area contributed by atoms with E-state index in [0.717, 1.165) is 26.9 Å². The number of hydrogen-bond acceptors (Lipinski definition) is 6. The first-order valence-electron chi connectivity index (χ1n) is 9.32. The number of aryl methyl sites for hydroxylation is 1. The first-order chi connectivity index (χ1) is 14.4. The summed E-state index contributed by atoms with van der Waals surface area (Å²) in [5.74, 6) is 0.755. The minimum absolute atomic E-state index is 0.109. The number of benzene rings is 2. The Bertz CT molecular complexity index is 1030. The number of methoxy groups -OCH3 is 1. The Kier molecular flexibility index (Phi) is 7.48. The number of amides is 2. The number of nitrogens with zero attached hydrogens (tertiary/aromatic N) is 1. The molecule has 0 bridgehead atoms. The standard InChI is InChI=1S/C22H23N3O3S2/c1-14-5-4-6-19(15(14)2)25-20(26)11-17-12-29-22(24-17)30-13-21(27)23-16-7-9-18(28-3)10-8-16/h4-10,12H,11,13H2,1-3H3,(H,23,27)(H,25,26). The Morgan fingerprint density at radius 1 is 1.07 bits per heavy atom. The lowest BCUT2D eigenvalue weighted by atomic mass is 10.1. The molecule has 0 atom stereocenters.